The molecule has 0 bridgehead atoms. The topological polar surface area (TPSA) is 200 Å². The lowest BCUT2D eigenvalue weighted by atomic mass is 10.3. The number of aliphatic hydroxyl groups is 6. The Morgan fingerprint density at radius 1 is 0.750 bits per heavy atom. The van der Waals surface area contributed by atoms with Crippen molar-refractivity contribution in [2.75, 3.05) is 19.8 Å². The van der Waals surface area contributed by atoms with E-state index in [0.717, 1.165) is 0 Å². The third kappa shape index (κ3) is 6.35. The molecular weight excluding hydrogens is 336 g/mol. The van der Waals surface area contributed by atoms with Crippen molar-refractivity contribution in [3.63, 3.8) is 0 Å². The molecule has 0 aromatic heterocycles. The van der Waals surface area contributed by atoms with E-state index < -0.39 is 68.4 Å². The molecule has 0 fully saturated rings. The molecule has 24 heavy (non-hydrogen) atoms. The van der Waals surface area contributed by atoms with Crippen LogP contribution in [0.5, 0.6) is 0 Å². The minimum absolute atomic E-state index is 0.551. The van der Waals surface area contributed by atoms with E-state index in [1.54, 1.807) is 0 Å². The molecule has 0 aromatic rings. The Hall–Kier alpha value is -1.83. The van der Waals surface area contributed by atoms with Crippen LogP contribution in [0.1, 0.15) is 13.3 Å². The van der Waals surface area contributed by atoms with Crippen LogP contribution < -0.4 is 0 Å². The Labute approximate surface area is 135 Å². The van der Waals surface area contributed by atoms with Crippen LogP contribution in [0, 0.1) is 0 Å². The molecule has 0 amide bonds. The maximum Gasteiger partial charge on any atom is 0.423 e. The quantitative estimate of drug-likeness (QED) is 0.163. The Balaban J connectivity index is 5.46. The van der Waals surface area contributed by atoms with Gasteiger partial charge >= 0.3 is 23.9 Å². The highest BCUT2D eigenvalue weighted by molar-refractivity contribution is 5.78. The molecular formula is C12H20O12. The number of ether oxygens (including phenoxy) is 3. The number of hydrogen-bond donors (Lipinski definition) is 6. The summed E-state index contributed by atoms with van der Waals surface area (Å²) in [5, 5.41) is 53.6. The van der Waals surface area contributed by atoms with Crippen LogP contribution >= 0.6 is 0 Å². The first kappa shape index (κ1) is 22.2. The SMILES string of the molecule is CCC(OC(=O)C(O)CO)(OC(=O)C(O)CO)OC(=O)C(O)CO. The Morgan fingerprint density at radius 2 is 1.00 bits per heavy atom. The van der Waals surface area contributed by atoms with Crippen LogP contribution in [0.2, 0.25) is 0 Å². The summed E-state index contributed by atoms with van der Waals surface area (Å²) in [6.07, 6.45) is -6.72. The van der Waals surface area contributed by atoms with Crippen LogP contribution in [0.15, 0.2) is 0 Å². The van der Waals surface area contributed by atoms with Gasteiger partial charge in [0.1, 0.15) is 0 Å². The lowest BCUT2D eigenvalue weighted by Crippen LogP contribution is -2.50. The van der Waals surface area contributed by atoms with Crippen molar-refractivity contribution in [3.8, 4) is 0 Å². The van der Waals surface area contributed by atoms with Crippen molar-refractivity contribution in [2.45, 2.75) is 37.6 Å². The van der Waals surface area contributed by atoms with Gasteiger partial charge in [0.05, 0.1) is 26.2 Å². The van der Waals surface area contributed by atoms with Crippen molar-refractivity contribution in [2.24, 2.45) is 0 Å². The molecule has 12 nitrogen and oxygen atoms in total. The number of aliphatic hydroxyl groups excluding tert-OH is 6. The smallest absolute Gasteiger partial charge is 0.393 e. The monoisotopic (exact) mass is 356 g/mol. The molecule has 0 spiro atoms. The number of rotatable bonds is 10. The summed E-state index contributed by atoms with van der Waals surface area (Å²) in [7, 11) is 0. The second-order valence-electron chi connectivity index (χ2n) is 4.39. The highest BCUT2D eigenvalue weighted by Gasteiger charge is 2.45. The Morgan fingerprint density at radius 3 is 1.17 bits per heavy atom. The average Bonchev–Trinajstić information content (AvgIpc) is 2.58. The lowest BCUT2D eigenvalue weighted by Gasteiger charge is -2.31. The van der Waals surface area contributed by atoms with Crippen LogP contribution in [0.4, 0.5) is 0 Å². The molecule has 3 unspecified atom stereocenters. The van der Waals surface area contributed by atoms with Crippen LogP contribution in [0.3, 0.4) is 0 Å². The summed E-state index contributed by atoms with van der Waals surface area (Å²) in [5.41, 5.74) is 0. The molecule has 0 aliphatic rings. The van der Waals surface area contributed by atoms with Gasteiger partial charge in [-0.3, -0.25) is 0 Å². The molecule has 0 saturated heterocycles. The number of hydrogen-bond acceptors (Lipinski definition) is 12. The summed E-state index contributed by atoms with van der Waals surface area (Å²) in [4.78, 5) is 34.7. The Bertz CT molecular complexity index is 376. The summed E-state index contributed by atoms with van der Waals surface area (Å²) < 4.78 is 13.7. The average molecular weight is 356 g/mol. The van der Waals surface area contributed by atoms with Crippen molar-refractivity contribution in [1.29, 1.82) is 0 Å². The molecule has 0 heterocycles. The minimum Gasteiger partial charge on any atom is -0.393 e. The normalized spacial score (nSPS) is 17.1. The van der Waals surface area contributed by atoms with Gasteiger partial charge < -0.3 is 44.8 Å². The van der Waals surface area contributed by atoms with Crippen molar-refractivity contribution < 1.29 is 59.2 Å². The fourth-order valence-corrected chi connectivity index (χ4v) is 1.17. The molecule has 0 radical (unpaired) electrons. The highest BCUT2D eigenvalue weighted by Crippen LogP contribution is 2.23. The first-order valence-corrected chi connectivity index (χ1v) is 6.71. The first-order valence-electron chi connectivity index (χ1n) is 6.71. The highest BCUT2D eigenvalue weighted by atomic mass is 16.9. The fraction of sp³-hybridized carbons (Fsp3) is 0.750. The van der Waals surface area contributed by atoms with Gasteiger partial charge in [0.2, 0.25) is 0 Å². The molecule has 0 rings (SSSR count). The van der Waals surface area contributed by atoms with Gasteiger partial charge in [-0.25, -0.2) is 14.4 Å². The van der Waals surface area contributed by atoms with Crippen molar-refractivity contribution >= 4 is 17.9 Å². The number of carbonyl (C=O) groups excluding carboxylic acids is 3. The van der Waals surface area contributed by atoms with E-state index >= 15 is 0 Å². The minimum atomic E-state index is -2.81. The Kier molecular flexibility index (Phi) is 9.35. The van der Waals surface area contributed by atoms with E-state index in [4.69, 9.17) is 15.3 Å². The maximum atomic E-state index is 11.6. The van der Waals surface area contributed by atoms with Gasteiger partial charge in [0, 0.05) is 0 Å². The van der Waals surface area contributed by atoms with E-state index in [1.165, 1.54) is 6.92 Å². The van der Waals surface area contributed by atoms with Crippen LogP contribution in [-0.4, -0.2) is 92.7 Å². The molecule has 0 aliphatic carbocycles. The van der Waals surface area contributed by atoms with Gasteiger partial charge in [-0.1, -0.05) is 6.92 Å². The third-order valence-electron chi connectivity index (χ3n) is 2.54. The summed E-state index contributed by atoms with van der Waals surface area (Å²) in [6, 6.07) is 0. The zero-order valence-electron chi connectivity index (χ0n) is 12.7. The second kappa shape index (κ2) is 10.1. The molecule has 12 heteroatoms. The second-order valence-corrected chi connectivity index (χ2v) is 4.39. The van der Waals surface area contributed by atoms with Crippen molar-refractivity contribution in [1.82, 2.24) is 0 Å². The van der Waals surface area contributed by atoms with Crippen molar-refractivity contribution in [3.05, 3.63) is 0 Å². The van der Waals surface area contributed by atoms with Crippen LogP contribution in [-0.2, 0) is 28.6 Å². The largest absolute Gasteiger partial charge is 0.423 e. The van der Waals surface area contributed by atoms with E-state index in [9.17, 15) is 29.7 Å². The van der Waals surface area contributed by atoms with E-state index in [1.807, 2.05) is 0 Å². The van der Waals surface area contributed by atoms with Gasteiger partial charge in [0.25, 0.3) is 0 Å². The fourth-order valence-electron chi connectivity index (χ4n) is 1.17. The van der Waals surface area contributed by atoms with E-state index in [-0.39, 0.29) is 0 Å². The van der Waals surface area contributed by atoms with Crippen LogP contribution in [0.25, 0.3) is 0 Å². The lowest BCUT2D eigenvalue weighted by molar-refractivity contribution is -0.338. The zero-order chi connectivity index (χ0) is 18.9. The molecule has 3 atom stereocenters. The molecule has 140 valence electrons. The zero-order valence-corrected chi connectivity index (χ0v) is 12.7. The predicted molar refractivity (Wildman–Crippen MR) is 70.6 cm³/mol. The van der Waals surface area contributed by atoms with E-state index in [0.29, 0.717) is 0 Å². The molecule has 0 aliphatic heterocycles. The van der Waals surface area contributed by atoms with Gasteiger partial charge in [-0.15, -0.1) is 0 Å². The van der Waals surface area contributed by atoms with Gasteiger partial charge in [0.15, 0.2) is 18.3 Å². The standard InChI is InChI=1S/C12H20O12/c1-2-12(22-9(19)6(16)3-13,23-10(20)7(17)4-14)24-11(21)8(18)5-15/h6-8,13-18H,2-5H2,1H3. The number of esters is 3. The molecule has 6 N–H and O–H groups in total. The summed E-state index contributed by atoms with van der Waals surface area (Å²) >= 11 is 0. The molecule has 0 aromatic carbocycles. The van der Waals surface area contributed by atoms with Gasteiger partial charge in [-0.05, 0) is 0 Å². The maximum absolute atomic E-state index is 11.6. The van der Waals surface area contributed by atoms with E-state index in [2.05, 4.69) is 14.2 Å². The number of carbonyl (C=O) groups is 3. The predicted octanol–water partition coefficient (Wildman–Crippen LogP) is -4.26. The van der Waals surface area contributed by atoms with Gasteiger partial charge in [-0.2, -0.15) is 0 Å². The third-order valence-corrected chi connectivity index (χ3v) is 2.54. The molecule has 0 saturated carbocycles. The summed E-state index contributed by atoms with van der Waals surface area (Å²) in [6.45, 7) is -1.97. The summed E-state index contributed by atoms with van der Waals surface area (Å²) in [5.74, 6) is -7.45. The first-order chi connectivity index (χ1) is 11.2.